The molecule has 0 saturated heterocycles. The van der Waals surface area contributed by atoms with Crippen LogP contribution in [-0.2, 0) is 16.0 Å². The number of anilines is 1. The van der Waals surface area contributed by atoms with Gasteiger partial charge in [-0.2, -0.15) is 5.10 Å². The SMILES string of the molecule is CCOC(=O)c1ccn(-c2cccc(NC(=O)C(Cc3ccccc3)NC(N)=O)c2)n1. The van der Waals surface area contributed by atoms with Gasteiger partial charge in [0.25, 0.3) is 0 Å². The van der Waals surface area contributed by atoms with E-state index in [1.165, 1.54) is 4.68 Å². The monoisotopic (exact) mass is 421 g/mol. The van der Waals surface area contributed by atoms with Crippen LogP contribution in [-0.4, -0.2) is 40.3 Å². The molecule has 31 heavy (non-hydrogen) atoms. The highest BCUT2D eigenvalue weighted by atomic mass is 16.5. The first-order chi connectivity index (χ1) is 15.0. The summed E-state index contributed by atoms with van der Waals surface area (Å²) in [5.74, 6) is -0.917. The van der Waals surface area contributed by atoms with Crippen molar-refractivity contribution in [2.45, 2.75) is 19.4 Å². The molecule has 0 aliphatic carbocycles. The zero-order valence-electron chi connectivity index (χ0n) is 16.9. The van der Waals surface area contributed by atoms with E-state index in [0.717, 1.165) is 5.56 Å². The van der Waals surface area contributed by atoms with Crippen LogP contribution in [0.4, 0.5) is 10.5 Å². The molecule has 0 fully saturated rings. The minimum absolute atomic E-state index is 0.185. The third kappa shape index (κ3) is 5.92. The van der Waals surface area contributed by atoms with Gasteiger partial charge in [0.05, 0.1) is 12.3 Å². The second-order valence-electron chi connectivity index (χ2n) is 6.66. The fourth-order valence-corrected chi connectivity index (χ4v) is 2.97. The summed E-state index contributed by atoms with van der Waals surface area (Å²) in [6, 6.07) is 16.2. The molecule has 2 aromatic carbocycles. The van der Waals surface area contributed by atoms with E-state index >= 15 is 0 Å². The number of ether oxygens (including phenoxy) is 1. The number of hydrogen-bond donors (Lipinski definition) is 3. The number of rotatable bonds is 8. The Morgan fingerprint density at radius 3 is 2.58 bits per heavy atom. The van der Waals surface area contributed by atoms with Gasteiger partial charge in [0.15, 0.2) is 5.69 Å². The minimum Gasteiger partial charge on any atom is -0.461 e. The van der Waals surface area contributed by atoms with Crippen molar-refractivity contribution in [3.63, 3.8) is 0 Å². The van der Waals surface area contributed by atoms with Crippen LogP contribution in [0.2, 0.25) is 0 Å². The standard InChI is InChI=1S/C22H23N5O4/c1-2-31-21(29)18-11-12-27(26-18)17-10-6-9-16(14-17)24-20(28)19(25-22(23)30)13-15-7-4-3-5-8-15/h3-12,14,19H,2,13H2,1H3,(H,24,28)(H3,23,25,30). The van der Waals surface area contributed by atoms with E-state index < -0.39 is 23.9 Å². The molecular weight excluding hydrogens is 398 g/mol. The van der Waals surface area contributed by atoms with Gasteiger partial charge in [0.1, 0.15) is 6.04 Å². The lowest BCUT2D eigenvalue weighted by atomic mass is 10.1. The van der Waals surface area contributed by atoms with Crippen molar-refractivity contribution in [3.05, 3.63) is 78.1 Å². The second kappa shape index (κ2) is 10.1. The van der Waals surface area contributed by atoms with Gasteiger partial charge < -0.3 is 21.1 Å². The van der Waals surface area contributed by atoms with Crippen LogP contribution in [0.3, 0.4) is 0 Å². The van der Waals surface area contributed by atoms with Crippen molar-refractivity contribution in [3.8, 4) is 5.69 Å². The van der Waals surface area contributed by atoms with E-state index in [4.69, 9.17) is 10.5 Å². The Morgan fingerprint density at radius 1 is 1.10 bits per heavy atom. The number of aromatic nitrogens is 2. The summed E-state index contributed by atoms with van der Waals surface area (Å²) in [5.41, 5.74) is 7.45. The van der Waals surface area contributed by atoms with E-state index in [1.54, 1.807) is 43.5 Å². The Bertz CT molecular complexity index is 1060. The highest BCUT2D eigenvalue weighted by molar-refractivity contribution is 5.97. The molecule has 0 aliphatic heterocycles. The molecule has 1 atom stereocenters. The maximum Gasteiger partial charge on any atom is 0.358 e. The summed E-state index contributed by atoms with van der Waals surface area (Å²) in [5, 5.41) is 9.47. The number of nitrogens with zero attached hydrogens (tertiary/aromatic N) is 2. The van der Waals surface area contributed by atoms with E-state index in [1.807, 2.05) is 30.3 Å². The number of carbonyl (C=O) groups is 3. The smallest absolute Gasteiger partial charge is 0.358 e. The van der Waals surface area contributed by atoms with E-state index in [0.29, 0.717) is 11.4 Å². The van der Waals surface area contributed by atoms with Gasteiger partial charge >= 0.3 is 12.0 Å². The Kier molecular flexibility index (Phi) is 7.00. The van der Waals surface area contributed by atoms with Gasteiger partial charge in [-0.15, -0.1) is 0 Å². The van der Waals surface area contributed by atoms with Crippen molar-refractivity contribution in [2.75, 3.05) is 11.9 Å². The van der Waals surface area contributed by atoms with Crippen LogP contribution < -0.4 is 16.4 Å². The third-order valence-corrected chi connectivity index (χ3v) is 4.37. The molecule has 9 nitrogen and oxygen atoms in total. The van der Waals surface area contributed by atoms with Gasteiger partial charge in [-0.25, -0.2) is 14.3 Å². The quantitative estimate of drug-likeness (QED) is 0.481. The normalized spacial score (nSPS) is 11.4. The average molecular weight is 421 g/mol. The molecule has 0 aliphatic rings. The number of esters is 1. The fraction of sp³-hybridized carbons (Fsp3) is 0.182. The van der Waals surface area contributed by atoms with E-state index in [9.17, 15) is 14.4 Å². The van der Waals surface area contributed by atoms with Gasteiger partial charge in [0.2, 0.25) is 5.91 Å². The zero-order valence-corrected chi connectivity index (χ0v) is 16.9. The molecule has 160 valence electrons. The number of carbonyl (C=O) groups excluding carboxylic acids is 3. The number of amides is 3. The van der Waals surface area contributed by atoms with Gasteiger partial charge in [-0.3, -0.25) is 4.79 Å². The van der Waals surface area contributed by atoms with Gasteiger partial charge in [0, 0.05) is 18.3 Å². The topological polar surface area (TPSA) is 128 Å². The van der Waals surface area contributed by atoms with Crippen LogP contribution in [0.15, 0.2) is 66.9 Å². The number of hydrogen-bond acceptors (Lipinski definition) is 5. The number of urea groups is 1. The third-order valence-electron chi connectivity index (χ3n) is 4.37. The first kappa shape index (κ1) is 21.6. The molecule has 1 heterocycles. The highest BCUT2D eigenvalue weighted by Gasteiger charge is 2.21. The summed E-state index contributed by atoms with van der Waals surface area (Å²) < 4.78 is 6.45. The summed E-state index contributed by atoms with van der Waals surface area (Å²) in [4.78, 5) is 36.0. The molecule has 0 spiro atoms. The van der Waals surface area contributed by atoms with Crippen LogP contribution in [0.5, 0.6) is 0 Å². The van der Waals surface area contributed by atoms with Crippen LogP contribution in [0.25, 0.3) is 5.69 Å². The summed E-state index contributed by atoms with van der Waals surface area (Å²) in [6.07, 6.45) is 1.91. The lowest BCUT2D eigenvalue weighted by Gasteiger charge is -2.18. The number of benzene rings is 2. The van der Waals surface area contributed by atoms with Crippen LogP contribution in [0.1, 0.15) is 23.0 Å². The molecule has 0 saturated carbocycles. The second-order valence-corrected chi connectivity index (χ2v) is 6.66. The number of nitrogens with one attached hydrogen (secondary N) is 2. The number of primary amides is 1. The molecule has 0 radical (unpaired) electrons. The lowest BCUT2D eigenvalue weighted by molar-refractivity contribution is -0.117. The first-order valence-corrected chi connectivity index (χ1v) is 9.70. The lowest BCUT2D eigenvalue weighted by Crippen LogP contribution is -2.47. The van der Waals surface area contributed by atoms with Crippen molar-refractivity contribution >= 4 is 23.6 Å². The predicted octanol–water partition coefficient (Wildman–Crippen LogP) is 2.27. The Morgan fingerprint density at radius 2 is 1.87 bits per heavy atom. The van der Waals surface area contributed by atoms with Crippen LogP contribution >= 0.6 is 0 Å². The first-order valence-electron chi connectivity index (χ1n) is 9.70. The molecule has 3 aromatic rings. The molecule has 9 heteroatoms. The van der Waals surface area contributed by atoms with Crippen molar-refractivity contribution < 1.29 is 19.1 Å². The zero-order chi connectivity index (χ0) is 22.2. The molecule has 1 aromatic heterocycles. The van der Waals surface area contributed by atoms with Crippen molar-refractivity contribution in [1.82, 2.24) is 15.1 Å². The van der Waals surface area contributed by atoms with Gasteiger partial charge in [-0.1, -0.05) is 36.4 Å². The molecule has 3 amide bonds. The fourth-order valence-electron chi connectivity index (χ4n) is 2.97. The van der Waals surface area contributed by atoms with E-state index in [2.05, 4.69) is 15.7 Å². The molecular formula is C22H23N5O4. The predicted molar refractivity (Wildman–Crippen MR) is 115 cm³/mol. The molecule has 1 unspecified atom stereocenters. The summed E-state index contributed by atoms with van der Waals surface area (Å²) in [6.45, 7) is 1.98. The molecule has 3 rings (SSSR count). The average Bonchev–Trinajstić information content (AvgIpc) is 3.25. The number of nitrogens with two attached hydrogens (primary N) is 1. The summed E-state index contributed by atoms with van der Waals surface area (Å²) >= 11 is 0. The van der Waals surface area contributed by atoms with Crippen LogP contribution in [0, 0.1) is 0 Å². The Labute approximate surface area is 179 Å². The maximum atomic E-state index is 12.8. The largest absolute Gasteiger partial charge is 0.461 e. The highest BCUT2D eigenvalue weighted by Crippen LogP contribution is 2.16. The molecule has 0 bridgehead atoms. The van der Waals surface area contributed by atoms with E-state index in [-0.39, 0.29) is 18.7 Å². The Hall–Kier alpha value is -4.14. The van der Waals surface area contributed by atoms with Gasteiger partial charge in [-0.05, 0) is 36.8 Å². The Balaban J connectivity index is 1.74. The molecule has 4 N–H and O–H groups in total. The maximum absolute atomic E-state index is 12.8. The summed E-state index contributed by atoms with van der Waals surface area (Å²) in [7, 11) is 0. The van der Waals surface area contributed by atoms with Crippen molar-refractivity contribution in [1.29, 1.82) is 0 Å². The minimum atomic E-state index is -0.844. The van der Waals surface area contributed by atoms with Crippen molar-refractivity contribution in [2.24, 2.45) is 5.73 Å².